The van der Waals surface area contributed by atoms with E-state index < -0.39 is 0 Å². The molecule has 0 aliphatic heterocycles. The third-order valence-corrected chi connectivity index (χ3v) is 4.56. The maximum atomic E-state index is 11.8. The molecule has 0 saturated heterocycles. The average molecular weight is 380 g/mol. The molecule has 4 aromatic rings. The number of carbonyl (C=O) groups is 1. The van der Waals surface area contributed by atoms with Crippen LogP contribution in [-0.2, 0) is 0 Å². The summed E-state index contributed by atoms with van der Waals surface area (Å²) in [6.45, 7) is 1.51. The summed E-state index contributed by atoms with van der Waals surface area (Å²) in [5, 5.41) is 5.62. The summed E-state index contributed by atoms with van der Waals surface area (Å²) in [6, 6.07) is 16.0. The molecule has 0 bridgehead atoms. The van der Waals surface area contributed by atoms with Gasteiger partial charge in [0.1, 0.15) is 5.69 Å². The van der Waals surface area contributed by atoms with Crippen LogP contribution in [0.2, 0.25) is 0 Å². The zero-order chi connectivity index (χ0) is 16.7. The maximum absolute atomic E-state index is 11.8. The van der Waals surface area contributed by atoms with Gasteiger partial charge in [-0.3, -0.25) is 4.79 Å². The van der Waals surface area contributed by atoms with Crippen LogP contribution in [0.15, 0.2) is 65.4 Å². The molecule has 1 N–H and O–H groups in total. The molecule has 0 radical (unpaired) electrons. The van der Waals surface area contributed by atoms with Crippen molar-refractivity contribution in [2.45, 2.75) is 6.92 Å². The maximum Gasteiger partial charge on any atom is 0.243 e. The molecule has 0 fully saturated rings. The van der Waals surface area contributed by atoms with E-state index >= 15 is 0 Å². The Bertz CT molecular complexity index is 1040. The number of aromatic nitrogens is 3. The highest BCUT2D eigenvalue weighted by Crippen LogP contribution is 2.35. The van der Waals surface area contributed by atoms with Crippen LogP contribution < -0.4 is 0 Å². The molecule has 0 saturated carbocycles. The van der Waals surface area contributed by atoms with E-state index in [-0.39, 0.29) is 5.91 Å². The van der Waals surface area contributed by atoms with Gasteiger partial charge < -0.3 is 4.98 Å². The second-order valence-electron chi connectivity index (χ2n) is 5.61. The van der Waals surface area contributed by atoms with Crippen LogP contribution in [0.4, 0.5) is 0 Å². The molecule has 24 heavy (non-hydrogen) atoms. The van der Waals surface area contributed by atoms with E-state index in [0.29, 0.717) is 0 Å². The van der Waals surface area contributed by atoms with Crippen LogP contribution >= 0.6 is 15.9 Å². The third kappa shape index (κ3) is 2.47. The molecular weight excluding hydrogens is 366 g/mol. The van der Waals surface area contributed by atoms with Crippen LogP contribution in [0.5, 0.6) is 0 Å². The van der Waals surface area contributed by atoms with Crippen molar-refractivity contribution >= 4 is 32.7 Å². The lowest BCUT2D eigenvalue weighted by Crippen LogP contribution is -2.05. The lowest BCUT2D eigenvalue weighted by Gasteiger charge is -2.02. The molecule has 2 heterocycles. The Morgan fingerprint density at radius 1 is 1.08 bits per heavy atom. The van der Waals surface area contributed by atoms with Gasteiger partial charge in [-0.15, -0.1) is 0 Å². The third-order valence-electron chi connectivity index (χ3n) is 4.03. The van der Waals surface area contributed by atoms with Gasteiger partial charge in [0.2, 0.25) is 5.91 Å². The normalized spacial score (nSPS) is 11.1. The number of halogens is 1. The summed E-state index contributed by atoms with van der Waals surface area (Å²) in [7, 11) is 0. The van der Waals surface area contributed by atoms with Gasteiger partial charge in [0.15, 0.2) is 0 Å². The van der Waals surface area contributed by atoms with Crippen LogP contribution in [0.25, 0.3) is 33.3 Å². The number of nitrogens with zero attached hydrogens (tertiary/aromatic N) is 2. The number of benzene rings is 2. The smallest absolute Gasteiger partial charge is 0.243 e. The van der Waals surface area contributed by atoms with Gasteiger partial charge in [-0.05, 0) is 18.2 Å². The standard InChI is InChI=1S/C19H14BrN3O/c1-12(24)23-11-17(16-10-21-18-5-3-2-4-15(16)18)19(22-23)13-6-8-14(20)9-7-13/h2-11,21H,1H3. The quantitative estimate of drug-likeness (QED) is 0.525. The second-order valence-corrected chi connectivity index (χ2v) is 6.53. The van der Waals surface area contributed by atoms with E-state index in [9.17, 15) is 4.79 Å². The van der Waals surface area contributed by atoms with Crippen LogP contribution in [-0.4, -0.2) is 20.7 Å². The largest absolute Gasteiger partial charge is 0.361 e. The predicted molar refractivity (Wildman–Crippen MR) is 99.0 cm³/mol. The lowest BCUT2D eigenvalue weighted by atomic mass is 10.0. The van der Waals surface area contributed by atoms with Crippen molar-refractivity contribution in [3.05, 3.63) is 65.4 Å². The van der Waals surface area contributed by atoms with E-state index in [2.05, 4.69) is 32.1 Å². The van der Waals surface area contributed by atoms with Crippen molar-refractivity contribution in [2.24, 2.45) is 0 Å². The Balaban J connectivity index is 1.97. The highest BCUT2D eigenvalue weighted by atomic mass is 79.9. The Morgan fingerprint density at radius 2 is 1.83 bits per heavy atom. The molecule has 4 rings (SSSR count). The van der Waals surface area contributed by atoms with E-state index in [1.807, 2.05) is 48.7 Å². The fourth-order valence-electron chi connectivity index (χ4n) is 2.85. The minimum Gasteiger partial charge on any atom is -0.361 e. The molecule has 0 atom stereocenters. The van der Waals surface area contributed by atoms with Crippen LogP contribution in [0.3, 0.4) is 0 Å². The van der Waals surface area contributed by atoms with Crippen LogP contribution in [0.1, 0.15) is 11.7 Å². The number of nitrogens with one attached hydrogen (secondary N) is 1. The summed E-state index contributed by atoms with van der Waals surface area (Å²) in [6.07, 6.45) is 3.77. The minimum atomic E-state index is -0.112. The fraction of sp³-hybridized carbons (Fsp3) is 0.0526. The topological polar surface area (TPSA) is 50.7 Å². The fourth-order valence-corrected chi connectivity index (χ4v) is 3.11. The molecular formula is C19H14BrN3O. The van der Waals surface area contributed by atoms with E-state index in [1.54, 1.807) is 6.20 Å². The molecule has 2 aromatic heterocycles. The van der Waals surface area contributed by atoms with Crippen molar-refractivity contribution in [3.63, 3.8) is 0 Å². The monoisotopic (exact) mass is 379 g/mol. The average Bonchev–Trinajstić information content (AvgIpc) is 3.19. The number of hydrogen-bond donors (Lipinski definition) is 1. The van der Waals surface area contributed by atoms with Gasteiger partial charge in [0.25, 0.3) is 0 Å². The van der Waals surface area contributed by atoms with Gasteiger partial charge >= 0.3 is 0 Å². The Morgan fingerprint density at radius 3 is 2.58 bits per heavy atom. The highest BCUT2D eigenvalue weighted by Gasteiger charge is 2.17. The summed E-state index contributed by atoms with van der Waals surface area (Å²) >= 11 is 3.45. The first-order valence-corrected chi connectivity index (χ1v) is 8.36. The summed E-state index contributed by atoms with van der Waals surface area (Å²) in [5.41, 5.74) is 4.80. The molecule has 4 nitrogen and oxygen atoms in total. The molecule has 5 heteroatoms. The summed E-state index contributed by atoms with van der Waals surface area (Å²) in [5.74, 6) is -0.112. The molecule has 0 amide bonds. The molecule has 118 valence electrons. The second kappa shape index (κ2) is 5.76. The Labute approximate surface area is 147 Å². The van der Waals surface area contributed by atoms with Gasteiger partial charge in [0, 0.05) is 51.4 Å². The van der Waals surface area contributed by atoms with Crippen molar-refractivity contribution in [2.75, 3.05) is 0 Å². The molecule has 2 aromatic carbocycles. The zero-order valence-electron chi connectivity index (χ0n) is 13.0. The van der Waals surface area contributed by atoms with Gasteiger partial charge in [-0.1, -0.05) is 46.3 Å². The first-order chi connectivity index (χ1) is 11.6. The number of para-hydroxylation sites is 1. The Kier molecular flexibility index (Phi) is 3.58. The van der Waals surface area contributed by atoms with Crippen LogP contribution in [0, 0.1) is 0 Å². The summed E-state index contributed by atoms with van der Waals surface area (Å²) < 4.78 is 2.40. The van der Waals surface area contributed by atoms with Gasteiger partial charge in [-0.25, -0.2) is 4.68 Å². The van der Waals surface area contributed by atoms with Gasteiger partial charge in [-0.2, -0.15) is 5.10 Å². The molecule has 0 aliphatic rings. The zero-order valence-corrected chi connectivity index (χ0v) is 14.5. The number of H-pyrrole nitrogens is 1. The highest BCUT2D eigenvalue weighted by molar-refractivity contribution is 9.10. The first kappa shape index (κ1) is 14.9. The van der Waals surface area contributed by atoms with E-state index in [0.717, 1.165) is 37.8 Å². The number of hydrogen-bond acceptors (Lipinski definition) is 2. The minimum absolute atomic E-state index is 0.112. The van der Waals surface area contributed by atoms with Gasteiger partial charge in [0.05, 0.1) is 0 Å². The van der Waals surface area contributed by atoms with Crippen molar-refractivity contribution in [3.8, 4) is 22.4 Å². The summed E-state index contributed by atoms with van der Waals surface area (Å²) in [4.78, 5) is 15.1. The number of aromatic amines is 1. The van der Waals surface area contributed by atoms with E-state index in [4.69, 9.17) is 0 Å². The number of carbonyl (C=O) groups excluding carboxylic acids is 1. The molecule has 0 spiro atoms. The van der Waals surface area contributed by atoms with E-state index in [1.165, 1.54) is 11.6 Å². The van der Waals surface area contributed by atoms with Crippen molar-refractivity contribution < 1.29 is 4.79 Å². The number of rotatable bonds is 2. The SMILES string of the molecule is CC(=O)n1cc(-c2c[nH]c3ccccc23)c(-c2ccc(Br)cc2)n1. The number of fused-ring (bicyclic) bond motifs is 1. The first-order valence-electron chi connectivity index (χ1n) is 7.56. The Hall–Kier alpha value is -2.66. The predicted octanol–water partition coefficient (Wildman–Crippen LogP) is 5.12. The molecule has 0 unspecified atom stereocenters. The molecule has 0 aliphatic carbocycles. The lowest BCUT2D eigenvalue weighted by molar-refractivity contribution is 0.0921. The van der Waals surface area contributed by atoms with Crippen molar-refractivity contribution in [1.82, 2.24) is 14.8 Å². The van der Waals surface area contributed by atoms with Crippen molar-refractivity contribution in [1.29, 1.82) is 0 Å².